The summed E-state index contributed by atoms with van der Waals surface area (Å²) in [6.45, 7) is 4.60. The van der Waals surface area contributed by atoms with Gasteiger partial charge in [0, 0.05) is 0 Å². The summed E-state index contributed by atoms with van der Waals surface area (Å²) in [5.41, 5.74) is 1.90. The second-order valence-electron chi connectivity index (χ2n) is 9.50. The van der Waals surface area contributed by atoms with Gasteiger partial charge in [0.2, 0.25) is 0 Å². The van der Waals surface area contributed by atoms with E-state index < -0.39 is 12.6 Å². The molecule has 0 aliphatic rings. The number of esters is 1. The molecule has 0 aliphatic carbocycles. The number of carbonyl (C=O) groups is 1. The number of ether oxygens (including phenoxy) is 1. The average Bonchev–Trinajstić information content (AvgIpc) is 3.30. The zero-order valence-corrected chi connectivity index (χ0v) is 23.8. The van der Waals surface area contributed by atoms with E-state index in [-0.39, 0.29) is 12.2 Å². The predicted octanol–water partition coefficient (Wildman–Crippen LogP) is 4.59. The van der Waals surface area contributed by atoms with Crippen molar-refractivity contribution >= 4 is 50.2 Å². The number of hydrogen-bond acceptors (Lipinski definition) is 5. The van der Waals surface area contributed by atoms with E-state index in [1.807, 2.05) is 25.1 Å². The van der Waals surface area contributed by atoms with Crippen LogP contribution < -0.4 is 26.9 Å². The van der Waals surface area contributed by atoms with E-state index in [2.05, 4.69) is 79.5 Å². The maximum atomic E-state index is 14.3. The predicted molar refractivity (Wildman–Crippen MR) is 160 cm³/mol. The minimum atomic E-state index is -3.53. The molecule has 0 amide bonds. The minimum absolute atomic E-state index is 0.129. The topological polar surface area (TPSA) is 60.7 Å². The van der Waals surface area contributed by atoms with Crippen molar-refractivity contribution in [2.24, 2.45) is 0 Å². The van der Waals surface area contributed by atoms with E-state index in [4.69, 9.17) is 9.72 Å². The van der Waals surface area contributed by atoms with E-state index in [1.54, 1.807) is 18.2 Å². The number of fused-ring (bicyclic) bond motifs is 1. The van der Waals surface area contributed by atoms with E-state index in [1.165, 1.54) is 11.3 Å². The van der Waals surface area contributed by atoms with E-state index in [9.17, 15) is 9.59 Å². The summed E-state index contributed by atoms with van der Waals surface area (Å²) in [5.74, 6) is -0.428. The van der Waals surface area contributed by atoms with Crippen LogP contribution in [0.5, 0.6) is 0 Å². The first-order chi connectivity index (χ1) is 18.4. The molecule has 0 N–H and O–H groups in total. The molecule has 194 valence electrons. The standard InChI is InChI=1S/C31H31N2O3PS/c1-5-26-28(32-31-33(29(26)34)22(3)27(38-31)30(35)36-6-2)37(4,23-16-10-7-11-17-23,24-18-12-8-13-19-24)25-20-14-9-15-21-25/h7-21H,5-6H2,1-4H3. The van der Waals surface area contributed by atoms with Gasteiger partial charge in [-0.15, -0.1) is 0 Å². The zero-order valence-electron chi connectivity index (χ0n) is 22.0. The number of benzene rings is 3. The van der Waals surface area contributed by atoms with Crippen molar-refractivity contribution in [1.29, 1.82) is 0 Å². The molecule has 5 rings (SSSR count). The number of thiazole rings is 1. The summed E-state index contributed by atoms with van der Waals surface area (Å²) >= 11 is 1.22. The van der Waals surface area contributed by atoms with Gasteiger partial charge in [-0.3, -0.25) is 0 Å². The molecule has 0 spiro atoms. The first-order valence-corrected chi connectivity index (χ1v) is 16.3. The molecule has 2 aromatic heterocycles. The molecular formula is C31H31N2O3PS. The molecule has 0 saturated carbocycles. The molecule has 0 aliphatic heterocycles. The Morgan fingerprint density at radius 2 is 1.34 bits per heavy atom. The Morgan fingerprint density at radius 1 is 0.868 bits per heavy atom. The van der Waals surface area contributed by atoms with Crippen molar-refractivity contribution in [3.05, 3.63) is 117 Å². The molecule has 2 heterocycles. The van der Waals surface area contributed by atoms with Crippen molar-refractivity contribution in [2.75, 3.05) is 13.3 Å². The van der Waals surface area contributed by atoms with Crippen LogP contribution in [0.25, 0.3) is 4.96 Å². The Kier molecular flexibility index (Phi) is 6.81. The van der Waals surface area contributed by atoms with Crippen LogP contribution >= 0.6 is 17.9 Å². The van der Waals surface area contributed by atoms with Gasteiger partial charge in [-0.05, 0) is 0 Å². The van der Waals surface area contributed by atoms with Gasteiger partial charge in [0.1, 0.15) is 0 Å². The van der Waals surface area contributed by atoms with Gasteiger partial charge in [0.25, 0.3) is 0 Å². The molecular weight excluding hydrogens is 511 g/mol. The molecule has 3 aromatic carbocycles. The summed E-state index contributed by atoms with van der Waals surface area (Å²) in [6.07, 6.45) is 0.506. The summed E-state index contributed by atoms with van der Waals surface area (Å²) < 4.78 is 6.88. The van der Waals surface area contributed by atoms with Crippen LogP contribution in [0.3, 0.4) is 0 Å². The molecule has 0 saturated heterocycles. The maximum absolute atomic E-state index is 14.3. The van der Waals surface area contributed by atoms with Crippen LogP contribution in [-0.4, -0.2) is 28.6 Å². The summed E-state index contributed by atoms with van der Waals surface area (Å²) in [7, 11) is 0. The zero-order chi connectivity index (χ0) is 26.9. The molecule has 5 aromatic rings. The van der Waals surface area contributed by atoms with Crippen LogP contribution in [-0.2, 0) is 11.2 Å². The Balaban J connectivity index is 2.02. The van der Waals surface area contributed by atoms with Gasteiger partial charge in [-0.25, -0.2) is 0 Å². The first-order valence-electron chi connectivity index (χ1n) is 12.8. The van der Waals surface area contributed by atoms with Crippen molar-refractivity contribution in [1.82, 2.24) is 9.38 Å². The van der Waals surface area contributed by atoms with Gasteiger partial charge in [-0.2, -0.15) is 0 Å². The number of rotatable bonds is 7. The summed E-state index contributed by atoms with van der Waals surface area (Å²) in [4.78, 5) is 33.3. The molecule has 5 nitrogen and oxygen atoms in total. The molecule has 0 unspecified atom stereocenters. The number of hydrogen-bond donors (Lipinski definition) is 0. The van der Waals surface area contributed by atoms with Crippen LogP contribution in [0.1, 0.15) is 34.8 Å². The monoisotopic (exact) mass is 542 g/mol. The van der Waals surface area contributed by atoms with Gasteiger partial charge in [0.15, 0.2) is 0 Å². The number of nitrogens with zero attached hydrogens (tertiary/aromatic N) is 2. The number of carbonyl (C=O) groups excluding carboxylic acids is 1. The third-order valence-corrected chi connectivity index (χ3v) is 14.8. The summed E-state index contributed by atoms with van der Waals surface area (Å²) in [5, 5.41) is 3.38. The van der Waals surface area contributed by atoms with Crippen LogP contribution in [0.4, 0.5) is 0 Å². The molecule has 38 heavy (non-hydrogen) atoms. The van der Waals surface area contributed by atoms with Crippen LogP contribution in [0, 0.1) is 6.92 Å². The summed E-state index contributed by atoms with van der Waals surface area (Å²) in [6, 6.07) is 31.3. The van der Waals surface area contributed by atoms with Crippen LogP contribution in [0.2, 0.25) is 0 Å². The van der Waals surface area contributed by atoms with Gasteiger partial charge in [0.05, 0.1) is 0 Å². The quantitative estimate of drug-likeness (QED) is 0.223. The fraction of sp³-hybridized carbons (Fsp3) is 0.194. The van der Waals surface area contributed by atoms with Crippen molar-refractivity contribution in [2.45, 2.75) is 27.2 Å². The molecule has 7 heteroatoms. The molecule has 0 atom stereocenters. The third kappa shape index (κ3) is 3.66. The van der Waals surface area contributed by atoms with Gasteiger partial charge < -0.3 is 0 Å². The fourth-order valence-corrected chi connectivity index (χ4v) is 12.3. The average molecular weight is 543 g/mol. The SMILES string of the molecule is CCOC(=O)c1sc2nc(P(C)(c3ccccc3)(c3ccccc3)c3ccccc3)c(CC)c(=O)n2c1C. The Hall–Kier alpha value is -3.60. The number of aromatic nitrogens is 2. The van der Waals surface area contributed by atoms with Crippen molar-refractivity contribution in [3.8, 4) is 0 Å². The Bertz CT molecular complexity index is 1580. The van der Waals surface area contributed by atoms with Gasteiger partial charge in [-0.1, -0.05) is 0 Å². The van der Waals surface area contributed by atoms with E-state index in [0.29, 0.717) is 27.5 Å². The Morgan fingerprint density at radius 3 is 1.76 bits per heavy atom. The van der Waals surface area contributed by atoms with Gasteiger partial charge >= 0.3 is 227 Å². The fourth-order valence-electron chi connectivity index (χ4n) is 5.53. The van der Waals surface area contributed by atoms with E-state index >= 15 is 0 Å². The Labute approximate surface area is 226 Å². The van der Waals surface area contributed by atoms with Crippen molar-refractivity contribution < 1.29 is 9.53 Å². The number of aryl methyl sites for hydroxylation is 1. The van der Waals surface area contributed by atoms with E-state index in [0.717, 1.165) is 21.3 Å². The molecule has 0 radical (unpaired) electrons. The second kappa shape index (κ2) is 9.94. The third-order valence-electron chi connectivity index (χ3n) is 7.53. The second-order valence-corrected chi connectivity index (χ2v) is 15.6. The molecule has 0 fully saturated rings. The first kappa shape index (κ1) is 26.0. The van der Waals surface area contributed by atoms with Crippen LogP contribution in [0.15, 0.2) is 95.8 Å². The molecule has 0 bridgehead atoms. The normalized spacial score (nSPS) is 12.7. The van der Waals surface area contributed by atoms with Crippen molar-refractivity contribution in [3.63, 3.8) is 0 Å².